The quantitative estimate of drug-likeness (QED) is 0.337. The lowest BCUT2D eigenvalue weighted by Gasteiger charge is -2.55. The van der Waals surface area contributed by atoms with Gasteiger partial charge >= 0.3 is 5.97 Å². The van der Waals surface area contributed by atoms with Gasteiger partial charge < -0.3 is 9.84 Å². The van der Waals surface area contributed by atoms with E-state index in [2.05, 4.69) is 18.2 Å². The third-order valence-electron chi connectivity index (χ3n) is 9.33. The van der Waals surface area contributed by atoms with Crippen LogP contribution in [0.25, 0.3) is 21.9 Å². The number of phenolic OH excluding ortho intramolecular Hbond substituents is 1. The Morgan fingerprint density at radius 3 is 2.29 bits per heavy atom. The van der Waals surface area contributed by atoms with Crippen molar-refractivity contribution in [3.8, 4) is 22.6 Å². The molecule has 0 amide bonds. The molecule has 5 aliphatic carbocycles. The van der Waals surface area contributed by atoms with Gasteiger partial charge in [0.05, 0.1) is 5.41 Å². The van der Waals surface area contributed by atoms with E-state index in [0.717, 1.165) is 60.4 Å². The highest BCUT2D eigenvalue weighted by Gasteiger charge is 2.55. The van der Waals surface area contributed by atoms with Crippen molar-refractivity contribution in [2.75, 3.05) is 0 Å². The van der Waals surface area contributed by atoms with E-state index in [-0.39, 0.29) is 17.1 Å². The Morgan fingerprint density at radius 2 is 1.53 bits per heavy atom. The summed E-state index contributed by atoms with van der Waals surface area (Å²) in [4.78, 5) is 13.9. The monoisotopic (exact) mass is 452 g/mol. The molecule has 0 radical (unpaired) electrons. The smallest absolute Gasteiger partial charge is 0.317 e. The highest BCUT2D eigenvalue weighted by Crippen LogP contribution is 2.60. The third-order valence-corrected chi connectivity index (χ3v) is 9.33. The standard InChI is InChI=1S/C31H32O3/c32-26-11-9-22-5-1-3-7-24(22)28(26)29-25-8-4-2-6-23(25)10-12-27(29)34-30(33)31-16-19-13-20(17-31)15-21(14-19)18-31/h2,4,6,8-12,19-21,32H,1,3,5,7,13-18H2. The zero-order chi connectivity index (χ0) is 22.9. The predicted octanol–water partition coefficient (Wildman–Crippen LogP) is 7.21. The van der Waals surface area contributed by atoms with Crippen LogP contribution in [0.4, 0.5) is 0 Å². The molecule has 3 aromatic rings. The molecule has 0 spiro atoms. The summed E-state index contributed by atoms with van der Waals surface area (Å²) < 4.78 is 6.39. The van der Waals surface area contributed by atoms with Crippen LogP contribution in [0.5, 0.6) is 11.5 Å². The van der Waals surface area contributed by atoms with Crippen molar-refractivity contribution in [2.24, 2.45) is 23.2 Å². The minimum atomic E-state index is -0.310. The lowest BCUT2D eigenvalue weighted by Crippen LogP contribution is -2.51. The maximum atomic E-state index is 13.9. The second-order valence-electron chi connectivity index (χ2n) is 11.6. The van der Waals surface area contributed by atoms with Gasteiger partial charge in [-0.1, -0.05) is 36.4 Å². The fraction of sp³-hybridized carbons (Fsp3) is 0.452. The number of ether oxygens (including phenoxy) is 1. The Morgan fingerprint density at radius 1 is 0.824 bits per heavy atom. The molecule has 3 heteroatoms. The Labute approximate surface area is 201 Å². The maximum Gasteiger partial charge on any atom is 0.317 e. The molecule has 4 bridgehead atoms. The van der Waals surface area contributed by atoms with Crippen LogP contribution >= 0.6 is 0 Å². The summed E-state index contributed by atoms with van der Waals surface area (Å²) in [6, 6.07) is 16.2. The first kappa shape index (κ1) is 20.6. The molecule has 1 N–H and O–H groups in total. The molecule has 0 saturated heterocycles. The fourth-order valence-electron chi connectivity index (χ4n) is 8.26. The van der Waals surface area contributed by atoms with Gasteiger partial charge in [0.25, 0.3) is 0 Å². The lowest BCUT2D eigenvalue weighted by atomic mass is 9.49. The van der Waals surface area contributed by atoms with Crippen LogP contribution in [0.15, 0.2) is 48.5 Å². The summed E-state index contributed by atoms with van der Waals surface area (Å²) in [6.45, 7) is 0. The molecule has 34 heavy (non-hydrogen) atoms. The number of hydrogen-bond donors (Lipinski definition) is 1. The van der Waals surface area contributed by atoms with E-state index in [1.165, 1.54) is 36.8 Å². The highest BCUT2D eigenvalue weighted by molar-refractivity contribution is 6.03. The molecule has 0 unspecified atom stereocenters. The maximum absolute atomic E-state index is 13.9. The van der Waals surface area contributed by atoms with E-state index in [0.29, 0.717) is 23.5 Å². The molecule has 0 heterocycles. The number of esters is 1. The molecule has 3 aromatic carbocycles. The molecule has 3 nitrogen and oxygen atoms in total. The van der Waals surface area contributed by atoms with E-state index in [1.807, 2.05) is 30.3 Å². The molecule has 0 aromatic heterocycles. The fourth-order valence-corrected chi connectivity index (χ4v) is 8.26. The van der Waals surface area contributed by atoms with Gasteiger partial charge in [0.2, 0.25) is 0 Å². The van der Waals surface area contributed by atoms with Crippen LogP contribution in [-0.4, -0.2) is 11.1 Å². The summed E-state index contributed by atoms with van der Waals surface area (Å²) >= 11 is 0. The number of phenols is 1. The van der Waals surface area contributed by atoms with Crippen molar-refractivity contribution in [2.45, 2.75) is 64.2 Å². The van der Waals surface area contributed by atoms with Crippen LogP contribution in [0.1, 0.15) is 62.5 Å². The Bertz CT molecular complexity index is 1270. The van der Waals surface area contributed by atoms with E-state index >= 15 is 0 Å². The average Bonchev–Trinajstić information content (AvgIpc) is 2.83. The summed E-state index contributed by atoms with van der Waals surface area (Å²) in [5.74, 6) is 2.94. The molecular formula is C31H32O3. The predicted molar refractivity (Wildman–Crippen MR) is 134 cm³/mol. The van der Waals surface area contributed by atoms with Gasteiger partial charge in [-0.2, -0.15) is 0 Å². The number of carbonyl (C=O) groups is 1. The molecule has 4 fully saturated rings. The first-order valence-corrected chi connectivity index (χ1v) is 13.2. The number of rotatable bonds is 3. The van der Waals surface area contributed by atoms with Gasteiger partial charge in [0.1, 0.15) is 11.5 Å². The number of aromatic hydroxyl groups is 1. The van der Waals surface area contributed by atoms with Crippen LogP contribution < -0.4 is 4.74 Å². The Balaban J connectivity index is 1.36. The largest absolute Gasteiger partial charge is 0.507 e. The van der Waals surface area contributed by atoms with Crippen molar-refractivity contribution in [3.05, 3.63) is 59.7 Å². The van der Waals surface area contributed by atoms with Crippen LogP contribution in [0.2, 0.25) is 0 Å². The van der Waals surface area contributed by atoms with Crippen molar-refractivity contribution in [3.63, 3.8) is 0 Å². The first-order valence-electron chi connectivity index (χ1n) is 13.2. The highest BCUT2D eigenvalue weighted by atomic mass is 16.5. The zero-order valence-corrected chi connectivity index (χ0v) is 19.7. The summed E-state index contributed by atoms with van der Waals surface area (Å²) in [5.41, 5.74) is 3.96. The van der Waals surface area contributed by atoms with Crippen LogP contribution in [0, 0.1) is 23.2 Å². The second-order valence-corrected chi connectivity index (χ2v) is 11.6. The first-order chi connectivity index (χ1) is 16.6. The van der Waals surface area contributed by atoms with Gasteiger partial charge in [0.15, 0.2) is 0 Å². The Kier molecular flexibility index (Phi) is 4.59. The lowest BCUT2D eigenvalue weighted by molar-refractivity contribution is -0.161. The van der Waals surface area contributed by atoms with Crippen LogP contribution in [0.3, 0.4) is 0 Å². The van der Waals surface area contributed by atoms with Gasteiger partial charge in [-0.3, -0.25) is 4.79 Å². The minimum Gasteiger partial charge on any atom is -0.507 e. The van der Waals surface area contributed by atoms with E-state index < -0.39 is 0 Å². The molecule has 4 saturated carbocycles. The summed E-state index contributed by atoms with van der Waals surface area (Å²) in [6.07, 6.45) is 11.2. The van der Waals surface area contributed by atoms with Crippen LogP contribution in [-0.2, 0) is 17.6 Å². The summed E-state index contributed by atoms with van der Waals surface area (Å²) in [5, 5.41) is 13.3. The van der Waals surface area contributed by atoms with Crippen molar-refractivity contribution >= 4 is 16.7 Å². The second kappa shape index (κ2) is 7.60. The number of benzene rings is 3. The van der Waals surface area contributed by atoms with E-state index in [1.54, 1.807) is 0 Å². The molecule has 5 aliphatic rings. The topological polar surface area (TPSA) is 46.5 Å². The Hall–Kier alpha value is -2.81. The molecule has 0 atom stereocenters. The van der Waals surface area contributed by atoms with E-state index in [4.69, 9.17) is 4.74 Å². The third kappa shape index (κ3) is 3.12. The number of fused-ring (bicyclic) bond motifs is 2. The molecule has 174 valence electrons. The van der Waals surface area contributed by atoms with Crippen molar-refractivity contribution in [1.82, 2.24) is 0 Å². The van der Waals surface area contributed by atoms with Crippen molar-refractivity contribution < 1.29 is 14.6 Å². The normalized spacial score (nSPS) is 29.2. The number of hydrogen-bond acceptors (Lipinski definition) is 3. The zero-order valence-electron chi connectivity index (χ0n) is 19.7. The van der Waals surface area contributed by atoms with Gasteiger partial charge in [-0.05, 0) is 116 Å². The summed E-state index contributed by atoms with van der Waals surface area (Å²) in [7, 11) is 0. The minimum absolute atomic E-state index is 0.0348. The van der Waals surface area contributed by atoms with Gasteiger partial charge in [0, 0.05) is 11.1 Å². The van der Waals surface area contributed by atoms with Crippen molar-refractivity contribution in [1.29, 1.82) is 0 Å². The van der Waals surface area contributed by atoms with E-state index in [9.17, 15) is 9.90 Å². The van der Waals surface area contributed by atoms with Gasteiger partial charge in [-0.15, -0.1) is 0 Å². The average molecular weight is 453 g/mol. The van der Waals surface area contributed by atoms with Gasteiger partial charge in [-0.25, -0.2) is 0 Å². The molecule has 8 rings (SSSR count). The number of carbonyl (C=O) groups excluding carboxylic acids is 1. The molecule has 0 aliphatic heterocycles. The number of aryl methyl sites for hydroxylation is 1. The molecular weight excluding hydrogens is 420 g/mol. The SMILES string of the molecule is O=C(Oc1ccc2ccccc2c1-c1c(O)ccc2c1CCCC2)C12CC3CC(CC(C3)C1)C2.